The Hall–Kier alpha value is -0.151. The summed E-state index contributed by atoms with van der Waals surface area (Å²) in [6, 6.07) is 6.68. The van der Waals surface area contributed by atoms with E-state index in [1.165, 1.54) is 0 Å². The Kier molecular flexibility index (Phi) is 4.56. The summed E-state index contributed by atoms with van der Waals surface area (Å²) in [4.78, 5) is 12.1. The van der Waals surface area contributed by atoms with E-state index in [-0.39, 0.29) is 11.3 Å². The fourth-order valence-corrected chi connectivity index (χ4v) is 4.38. The van der Waals surface area contributed by atoms with Crippen LogP contribution in [0, 0.1) is 5.41 Å². The second-order valence-electron chi connectivity index (χ2n) is 5.16. The van der Waals surface area contributed by atoms with E-state index in [4.69, 9.17) is 20.6 Å². The van der Waals surface area contributed by atoms with E-state index in [1.54, 1.807) is 24.3 Å². The molecule has 1 fully saturated rings. The topological polar surface area (TPSA) is 47.6 Å². The van der Waals surface area contributed by atoms with Crippen molar-refractivity contribution in [3.05, 3.63) is 34.9 Å². The molecule has 4 nitrogen and oxygen atoms in total. The van der Waals surface area contributed by atoms with Crippen molar-refractivity contribution in [3.8, 4) is 0 Å². The predicted octanol–water partition coefficient (Wildman–Crippen LogP) is 2.99. The van der Waals surface area contributed by atoms with Gasteiger partial charge in [-0.1, -0.05) is 0 Å². The second kappa shape index (κ2) is 5.69. The van der Waals surface area contributed by atoms with Crippen molar-refractivity contribution in [3.63, 3.8) is 0 Å². The van der Waals surface area contributed by atoms with Crippen molar-refractivity contribution in [2.75, 3.05) is 13.2 Å². The molecule has 0 radical (unpaired) electrons. The number of rotatable bonds is 2. The summed E-state index contributed by atoms with van der Waals surface area (Å²) in [7, 11) is 0. The summed E-state index contributed by atoms with van der Waals surface area (Å²) in [6.07, 6.45) is -2.43. The van der Waals surface area contributed by atoms with Crippen molar-refractivity contribution < 1.29 is 13.8 Å². The molecule has 0 bridgehead atoms. The molecule has 2 rings (SSSR count). The van der Waals surface area contributed by atoms with Gasteiger partial charge in [0, 0.05) is 0 Å². The van der Waals surface area contributed by atoms with E-state index in [0.717, 1.165) is 0 Å². The molecule has 1 aliphatic rings. The van der Waals surface area contributed by atoms with E-state index in [2.05, 4.69) is 34.0 Å². The van der Waals surface area contributed by atoms with Crippen LogP contribution in [0.1, 0.15) is 24.2 Å². The molecule has 0 aromatic heterocycles. The summed E-state index contributed by atoms with van der Waals surface area (Å²) in [5, 5.41) is 3.39. The van der Waals surface area contributed by atoms with Gasteiger partial charge in [0.1, 0.15) is 0 Å². The predicted molar refractivity (Wildman–Crippen MR) is 77.3 cm³/mol. The van der Waals surface area contributed by atoms with Gasteiger partial charge in [0.25, 0.3) is 0 Å². The van der Waals surface area contributed by atoms with Crippen LogP contribution in [-0.2, 0) is 9.05 Å². The summed E-state index contributed by atoms with van der Waals surface area (Å²) < 4.78 is 11.3. The summed E-state index contributed by atoms with van der Waals surface area (Å²) in [5.41, 5.74) is 0.495. The maximum absolute atomic E-state index is 12.1. The molecule has 1 saturated heterocycles. The molecule has 7 heteroatoms. The molecule has 1 aromatic carbocycles. The van der Waals surface area contributed by atoms with Crippen molar-refractivity contribution in [1.82, 2.24) is 5.09 Å². The van der Waals surface area contributed by atoms with Gasteiger partial charge in [-0.2, -0.15) is 0 Å². The van der Waals surface area contributed by atoms with Gasteiger partial charge in [-0.25, -0.2) is 0 Å². The van der Waals surface area contributed by atoms with Crippen LogP contribution in [0.15, 0.2) is 24.3 Å². The van der Waals surface area contributed by atoms with Crippen LogP contribution in [-0.4, -0.2) is 34.2 Å². The quantitative estimate of drug-likeness (QED) is 0.646. The van der Waals surface area contributed by atoms with Crippen LogP contribution < -0.4 is 5.09 Å². The molecular weight excluding hydrogens is 352 g/mol. The van der Waals surface area contributed by atoms with Gasteiger partial charge < -0.3 is 0 Å². The van der Waals surface area contributed by atoms with Crippen molar-refractivity contribution >= 4 is 38.7 Å². The summed E-state index contributed by atoms with van der Waals surface area (Å²) >= 11 is 8.64. The molecule has 1 aromatic rings. The zero-order valence-electron chi connectivity index (χ0n) is 10.7. The third-order valence-corrected chi connectivity index (χ3v) is 6.16. The first-order valence-corrected chi connectivity index (χ1v) is 9.99. The van der Waals surface area contributed by atoms with Gasteiger partial charge in [0.05, 0.1) is 0 Å². The van der Waals surface area contributed by atoms with Crippen LogP contribution in [0.4, 0.5) is 0 Å². The Labute approximate surface area is 125 Å². The second-order valence-corrected chi connectivity index (χ2v) is 10.4. The van der Waals surface area contributed by atoms with Crippen LogP contribution >= 0.6 is 17.7 Å². The van der Waals surface area contributed by atoms with E-state index in [9.17, 15) is 4.79 Å². The molecule has 0 saturated carbocycles. The average Bonchev–Trinajstić information content (AvgIpc) is 2.34. The number of hydrogen-bond donors (Lipinski definition) is 1. The van der Waals surface area contributed by atoms with Crippen LogP contribution in [0.5, 0.6) is 0 Å². The number of carbonyl (C=O) groups excluding carboxylic acids is 1. The van der Waals surface area contributed by atoms with E-state index in [1.807, 2.05) is 0 Å². The first-order valence-electron chi connectivity index (χ1n) is 5.77. The van der Waals surface area contributed by atoms with E-state index >= 15 is 0 Å². The Morgan fingerprint density at radius 2 is 1.84 bits per heavy atom. The Morgan fingerprint density at radius 1 is 1.32 bits per heavy atom. The first-order chi connectivity index (χ1) is 8.80. The normalized spacial score (nSPS) is 20.8. The molecular formula is C12H15ClNO3PSe. The van der Waals surface area contributed by atoms with Crippen LogP contribution in [0.2, 0.25) is 5.02 Å². The Balaban J connectivity index is 2.03. The molecule has 1 amide bonds. The van der Waals surface area contributed by atoms with Crippen LogP contribution in [0.3, 0.4) is 0 Å². The number of hydrogen-bond acceptors (Lipinski definition) is 3. The minimum atomic E-state index is -2.43. The number of benzene rings is 1. The molecule has 0 spiro atoms. The molecule has 0 aliphatic carbocycles. The number of amides is 1. The molecule has 1 N–H and O–H groups in total. The minimum absolute atomic E-state index is 0.0294. The molecule has 0 unspecified atom stereocenters. The zero-order valence-corrected chi connectivity index (χ0v) is 14.0. The van der Waals surface area contributed by atoms with Gasteiger partial charge in [0.15, 0.2) is 0 Å². The number of carbonyl (C=O) groups is 1. The van der Waals surface area contributed by atoms with Crippen LogP contribution in [0.25, 0.3) is 0 Å². The third-order valence-electron chi connectivity index (χ3n) is 2.60. The number of halogens is 1. The van der Waals surface area contributed by atoms with Gasteiger partial charge in [-0.3, -0.25) is 0 Å². The molecule has 19 heavy (non-hydrogen) atoms. The van der Waals surface area contributed by atoms with Gasteiger partial charge >= 0.3 is 125 Å². The van der Waals surface area contributed by atoms with Crippen molar-refractivity contribution in [1.29, 1.82) is 0 Å². The average molecular weight is 367 g/mol. The fraction of sp³-hybridized carbons (Fsp3) is 0.417. The molecule has 1 heterocycles. The van der Waals surface area contributed by atoms with Crippen molar-refractivity contribution in [2.24, 2.45) is 5.41 Å². The Bertz CT molecular complexity index is 518. The standard InChI is InChI=1S/C12H15ClNO3PSe/c1-12(2)7-16-18(19,17-8-12)14-11(15)9-3-5-10(13)6-4-9/h3-6H,7-8H2,1-2H3,(H,14,15,19). The zero-order chi connectivity index (χ0) is 14.1. The van der Waals surface area contributed by atoms with Gasteiger partial charge in [0.2, 0.25) is 0 Å². The van der Waals surface area contributed by atoms with E-state index in [0.29, 0.717) is 23.8 Å². The molecule has 1 aliphatic heterocycles. The van der Waals surface area contributed by atoms with E-state index < -0.39 is 6.11 Å². The van der Waals surface area contributed by atoms with Gasteiger partial charge in [-0.15, -0.1) is 0 Å². The monoisotopic (exact) mass is 367 g/mol. The van der Waals surface area contributed by atoms with Crippen molar-refractivity contribution in [2.45, 2.75) is 13.8 Å². The molecule has 0 atom stereocenters. The maximum atomic E-state index is 12.1. The fourth-order valence-electron chi connectivity index (χ4n) is 1.45. The SMILES string of the molecule is CC1(C)COP(=[Se])(NC(=O)c2ccc(Cl)cc2)OC1. The molecule has 104 valence electrons. The number of nitrogens with one attached hydrogen (secondary N) is 1. The first kappa shape index (κ1) is 15.2. The van der Waals surface area contributed by atoms with Gasteiger partial charge in [-0.05, 0) is 0 Å². The third kappa shape index (κ3) is 4.16. The Morgan fingerprint density at radius 3 is 2.37 bits per heavy atom. The summed E-state index contributed by atoms with van der Waals surface area (Å²) in [6.45, 7) is 5.21. The summed E-state index contributed by atoms with van der Waals surface area (Å²) in [5.74, 6) is -0.233.